The van der Waals surface area contributed by atoms with Crippen LogP contribution in [0.1, 0.15) is 52.4 Å². The maximum Gasteiger partial charge on any atom is 1.00 e. The third kappa shape index (κ3) is 10.6. The van der Waals surface area contributed by atoms with Gasteiger partial charge >= 0.3 is 51.4 Å². The van der Waals surface area contributed by atoms with Crippen molar-refractivity contribution >= 4 is 10.1 Å². The second-order valence-electron chi connectivity index (χ2n) is 4.04. The molecule has 16 heavy (non-hydrogen) atoms. The number of unbranched alkanes of at least 4 members (excludes halogenated alkanes) is 2. The second kappa shape index (κ2) is 10.4. The summed E-state index contributed by atoms with van der Waals surface area (Å²) in [6, 6.07) is 0. The summed E-state index contributed by atoms with van der Waals surface area (Å²) in [7, 11) is -4.20. The summed E-state index contributed by atoms with van der Waals surface area (Å²) in [4.78, 5) is 0. The molecule has 1 N–H and O–H groups in total. The monoisotopic (exact) mass is 276 g/mol. The van der Waals surface area contributed by atoms with Gasteiger partial charge in [-0.25, -0.2) is 8.42 Å². The minimum absolute atomic E-state index is 0. The van der Waals surface area contributed by atoms with Gasteiger partial charge in [0.25, 0.3) is 0 Å². The zero-order valence-corrected chi connectivity index (χ0v) is 14.4. The van der Waals surface area contributed by atoms with E-state index in [1.165, 1.54) is 0 Å². The standard InChI is InChI=1S/C10H22O4S.K/c1-3-4-5-6-10(15(12,13)14)8-7-9(2)11;/h9-11H,3-8H2,1-2H3,(H,12,13,14);/q;+1/p-1. The Labute approximate surface area is 141 Å². The zero-order chi connectivity index (χ0) is 11.9. The fourth-order valence-electron chi connectivity index (χ4n) is 1.48. The summed E-state index contributed by atoms with van der Waals surface area (Å²) in [6.07, 6.45) is 3.24. The molecule has 2 unspecified atom stereocenters. The first-order chi connectivity index (χ1) is 6.88. The van der Waals surface area contributed by atoms with E-state index in [2.05, 4.69) is 0 Å². The van der Waals surface area contributed by atoms with Gasteiger partial charge in [0.1, 0.15) is 0 Å². The number of hydrogen-bond donors (Lipinski definition) is 1. The van der Waals surface area contributed by atoms with Crippen molar-refractivity contribution in [2.45, 2.75) is 63.7 Å². The summed E-state index contributed by atoms with van der Waals surface area (Å²) in [5.41, 5.74) is 0. The van der Waals surface area contributed by atoms with Crippen LogP contribution in [0.5, 0.6) is 0 Å². The van der Waals surface area contributed by atoms with E-state index in [9.17, 15) is 13.0 Å². The van der Waals surface area contributed by atoms with Crippen molar-refractivity contribution in [3.05, 3.63) is 0 Å². The van der Waals surface area contributed by atoms with Crippen LogP contribution in [0.25, 0.3) is 0 Å². The van der Waals surface area contributed by atoms with Gasteiger partial charge in [-0.3, -0.25) is 0 Å². The molecule has 0 aromatic rings. The third-order valence-electron chi connectivity index (χ3n) is 2.44. The van der Waals surface area contributed by atoms with Crippen molar-refractivity contribution in [3.63, 3.8) is 0 Å². The first-order valence-electron chi connectivity index (χ1n) is 5.50. The van der Waals surface area contributed by atoms with Crippen LogP contribution in [0.4, 0.5) is 0 Å². The van der Waals surface area contributed by atoms with Gasteiger partial charge in [0, 0.05) is 5.25 Å². The minimum Gasteiger partial charge on any atom is -0.748 e. The van der Waals surface area contributed by atoms with E-state index in [4.69, 9.17) is 5.11 Å². The quantitative estimate of drug-likeness (QED) is 0.338. The molecular weight excluding hydrogens is 255 g/mol. The van der Waals surface area contributed by atoms with Crippen LogP contribution in [0.15, 0.2) is 0 Å². The van der Waals surface area contributed by atoms with Crippen molar-refractivity contribution in [1.82, 2.24) is 0 Å². The molecule has 0 aliphatic heterocycles. The fourth-order valence-corrected chi connectivity index (χ4v) is 2.36. The number of rotatable bonds is 8. The average Bonchev–Trinajstić information content (AvgIpc) is 2.08. The topological polar surface area (TPSA) is 77.4 Å². The van der Waals surface area contributed by atoms with Crippen LogP contribution in [0.3, 0.4) is 0 Å². The van der Waals surface area contributed by atoms with Crippen molar-refractivity contribution in [1.29, 1.82) is 0 Å². The Morgan fingerprint density at radius 2 is 1.75 bits per heavy atom. The SMILES string of the molecule is CCCCCC(CCC(C)O)S(=O)(=O)[O-].[K+]. The van der Waals surface area contributed by atoms with Gasteiger partial charge in [-0.1, -0.05) is 26.2 Å². The molecule has 0 bridgehead atoms. The molecule has 6 heteroatoms. The largest absolute Gasteiger partial charge is 1.00 e. The van der Waals surface area contributed by atoms with E-state index in [0.717, 1.165) is 19.3 Å². The van der Waals surface area contributed by atoms with E-state index in [-0.39, 0.29) is 57.8 Å². The van der Waals surface area contributed by atoms with Crippen LogP contribution in [-0.4, -0.2) is 29.4 Å². The Kier molecular flexibility index (Phi) is 12.9. The molecule has 0 aliphatic carbocycles. The zero-order valence-electron chi connectivity index (χ0n) is 10.5. The van der Waals surface area contributed by atoms with Crippen LogP contribution in [0, 0.1) is 0 Å². The van der Waals surface area contributed by atoms with Crippen molar-refractivity contribution in [3.8, 4) is 0 Å². The molecule has 0 aromatic heterocycles. The Bertz CT molecular complexity index is 252. The molecule has 0 saturated heterocycles. The Morgan fingerprint density at radius 3 is 2.12 bits per heavy atom. The van der Waals surface area contributed by atoms with Gasteiger partial charge in [-0.2, -0.15) is 0 Å². The van der Waals surface area contributed by atoms with Crippen LogP contribution in [-0.2, 0) is 10.1 Å². The van der Waals surface area contributed by atoms with E-state index in [0.29, 0.717) is 12.8 Å². The number of hydrogen-bond acceptors (Lipinski definition) is 4. The van der Waals surface area contributed by atoms with Crippen LogP contribution >= 0.6 is 0 Å². The molecule has 0 amide bonds. The molecule has 0 aliphatic rings. The molecule has 0 fully saturated rings. The smallest absolute Gasteiger partial charge is 0.748 e. The Morgan fingerprint density at radius 1 is 1.19 bits per heavy atom. The Balaban J connectivity index is 0. The summed E-state index contributed by atoms with van der Waals surface area (Å²) >= 11 is 0. The summed E-state index contributed by atoms with van der Waals surface area (Å²) in [5.74, 6) is 0. The predicted octanol–water partition coefficient (Wildman–Crippen LogP) is -1.35. The van der Waals surface area contributed by atoms with Gasteiger partial charge in [0.2, 0.25) is 0 Å². The molecular formula is C10H21KO4S. The Hall–Kier alpha value is 1.51. The minimum atomic E-state index is -4.20. The van der Waals surface area contributed by atoms with Gasteiger partial charge < -0.3 is 9.66 Å². The molecule has 0 radical (unpaired) electrons. The predicted molar refractivity (Wildman–Crippen MR) is 58.5 cm³/mol. The molecule has 2 atom stereocenters. The molecule has 0 rings (SSSR count). The molecule has 4 nitrogen and oxygen atoms in total. The molecule has 0 spiro atoms. The van der Waals surface area contributed by atoms with Crippen molar-refractivity contribution < 1.29 is 69.5 Å². The second-order valence-corrected chi connectivity index (χ2v) is 5.69. The maximum absolute atomic E-state index is 10.9. The first kappa shape index (κ1) is 19.8. The number of aliphatic hydroxyl groups excluding tert-OH is 1. The molecule has 92 valence electrons. The van der Waals surface area contributed by atoms with E-state index in [1.807, 2.05) is 6.92 Å². The molecule has 0 heterocycles. The van der Waals surface area contributed by atoms with Gasteiger partial charge in [-0.05, 0) is 26.2 Å². The average molecular weight is 276 g/mol. The van der Waals surface area contributed by atoms with Crippen molar-refractivity contribution in [2.75, 3.05) is 0 Å². The van der Waals surface area contributed by atoms with E-state index < -0.39 is 21.5 Å². The van der Waals surface area contributed by atoms with E-state index >= 15 is 0 Å². The summed E-state index contributed by atoms with van der Waals surface area (Å²) in [6.45, 7) is 3.62. The number of aliphatic hydroxyl groups is 1. The first-order valence-corrected chi connectivity index (χ1v) is 6.97. The van der Waals surface area contributed by atoms with Crippen LogP contribution < -0.4 is 51.4 Å². The van der Waals surface area contributed by atoms with Gasteiger partial charge in [0.15, 0.2) is 0 Å². The summed E-state index contributed by atoms with van der Waals surface area (Å²) < 4.78 is 32.7. The van der Waals surface area contributed by atoms with Gasteiger partial charge in [0.05, 0.1) is 16.2 Å². The maximum atomic E-state index is 10.9. The fraction of sp³-hybridized carbons (Fsp3) is 1.00. The third-order valence-corrected chi connectivity index (χ3v) is 3.73. The molecule has 0 saturated carbocycles. The normalized spacial score (nSPS) is 15.2. The summed E-state index contributed by atoms with van der Waals surface area (Å²) in [5, 5.41) is 8.22. The van der Waals surface area contributed by atoms with Gasteiger partial charge in [-0.15, -0.1) is 0 Å². The van der Waals surface area contributed by atoms with Crippen molar-refractivity contribution in [2.24, 2.45) is 0 Å². The molecule has 0 aromatic carbocycles. The van der Waals surface area contributed by atoms with Crippen LogP contribution in [0.2, 0.25) is 0 Å². The van der Waals surface area contributed by atoms with E-state index in [1.54, 1.807) is 6.92 Å².